The van der Waals surface area contributed by atoms with E-state index in [0.717, 1.165) is 25.2 Å². The van der Waals surface area contributed by atoms with Gasteiger partial charge in [0.15, 0.2) is 18.1 Å². The summed E-state index contributed by atoms with van der Waals surface area (Å²) < 4.78 is 10.6. The molecule has 1 fully saturated rings. The topological polar surface area (TPSA) is 90.8 Å². The Hall–Kier alpha value is -1.21. The van der Waals surface area contributed by atoms with Crippen molar-refractivity contribution in [2.45, 2.75) is 19.5 Å². The number of nitrogens with two attached hydrogens (primary N) is 2. The van der Waals surface area contributed by atoms with Crippen molar-refractivity contribution >= 4 is 29.9 Å². The molecule has 130 valence electrons. The number of rotatable bonds is 6. The van der Waals surface area contributed by atoms with E-state index in [2.05, 4.69) is 11.8 Å². The summed E-state index contributed by atoms with van der Waals surface area (Å²) in [7, 11) is 1.53. The van der Waals surface area contributed by atoms with Gasteiger partial charge in [-0.1, -0.05) is 18.5 Å². The third-order valence-corrected chi connectivity index (χ3v) is 4.08. The largest absolute Gasteiger partial charge is 0.493 e. The molecule has 2 rings (SSSR count). The second-order valence-corrected chi connectivity index (χ2v) is 6.11. The second-order valence-electron chi connectivity index (χ2n) is 5.70. The lowest BCUT2D eigenvalue weighted by Gasteiger charge is -2.18. The number of likely N-dealkylation sites (tertiary alicyclic amines) is 1. The number of carbonyl (C=O) groups excluding carboxylic acids is 1. The minimum atomic E-state index is -0.567. The van der Waals surface area contributed by atoms with Gasteiger partial charge in [-0.2, -0.15) is 0 Å². The summed E-state index contributed by atoms with van der Waals surface area (Å²) in [6.07, 6.45) is 0. The number of hydrogen-bond donors (Lipinski definition) is 2. The first-order chi connectivity index (χ1) is 10.4. The first-order valence-corrected chi connectivity index (χ1v) is 7.54. The Balaban J connectivity index is 0.00000264. The van der Waals surface area contributed by atoms with Crippen molar-refractivity contribution in [3.8, 4) is 11.5 Å². The quantitative estimate of drug-likeness (QED) is 0.797. The van der Waals surface area contributed by atoms with Crippen molar-refractivity contribution in [1.29, 1.82) is 0 Å². The molecule has 1 aliphatic rings. The number of benzene rings is 1. The minimum Gasteiger partial charge on any atom is -0.493 e. The fraction of sp³-hybridized carbons (Fsp3) is 0.533. The fourth-order valence-electron chi connectivity index (χ4n) is 2.63. The van der Waals surface area contributed by atoms with Crippen LogP contribution in [0.5, 0.6) is 11.5 Å². The number of methoxy groups -OCH3 is 1. The molecule has 0 saturated carbocycles. The predicted octanol–water partition coefficient (Wildman–Crippen LogP) is 1.41. The van der Waals surface area contributed by atoms with Crippen LogP contribution in [-0.4, -0.2) is 43.7 Å². The molecule has 0 radical (unpaired) electrons. The summed E-state index contributed by atoms with van der Waals surface area (Å²) in [6.45, 7) is 4.47. The highest BCUT2D eigenvalue weighted by molar-refractivity contribution is 6.32. The Morgan fingerprint density at radius 3 is 2.65 bits per heavy atom. The molecule has 0 aliphatic carbocycles. The number of amides is 1. The molecular weight excluding hydrogens is 341 g/mol. The SMILES string of the molecule is COc1cc(CN2CC(C)C(N)C2)cc(Cl)c1OCC(N)=O.Cl. The van der Waals surface area contributed by atoms with E-state index in [1.54, 1.807) is 0 Å². The Bertz CT molecular complexity index is 547. The molecule has 0 bridgehead atoms. The predicted molar refractivity (Wildman–Crippen MR) is 92.4 cm³/mol. The number of carbonyl (C=O) groups is 1. The molecule has 1 aliphatic heterocycles. The molecule has 0 spiro atoms. The lowest BCUT2D eigenvalue weighted by molar-refractivity contribution is -0.119. The average Bonchev–Trinajstić information content (AvgIpc) is 2.75. The number of primary amides is 1. The van der Waals surface area contributed by atoms with Gasteiger partial charge in [0, 0.05) is 25.7 Å². The van der Waals surface area contributed by atoms with E-state index >= 15 is 0 Å². The number of ether oxygens (including phenoxy) is 2. The van der Waals surface area contributed by atoms with Crippen LogP contribution in [0.3, 0.4) is 0 Å². The number of halogens is 2. The fourth-order valence-corrected chi connectivity index (χ4v) is 2.92. The normalized spacial score (nSPS) is 20.9. The Kier molecular flexibility index (Phi) is 7.41. The summed E-state index contributed by atoms with van der Waals surface area (Å²) in [4.78, 5) is 13.1. The highest BCUT2D eigenvalue weighted by Gasteiger charge is 2.26. The van der Waals surface area contributed by atoms with Crippen LogP contribution in [0, 0.1) is 5.92 Å². The van der Waals surface area contributed by atoms with E-state index in [0.29, 0.717) is 22.4 Å². The van der Waals surface area contributed by atoms with Crippen LogP contribution in [0.1, 0.15) is 12.5 Å². The van der Waals surface area contributed by atoms with Gasteiger partial charge in [0.2, 0.25) is 0 Å². The van der Waals surface area contributed by atoms with Crippen molar-refractivity contribution < 1.29 is 14.3 Å². The molecule has 1 amide bonds. The Labute approximate surface area is 147 Å². The van der Waals surface area contributed by atoms with Gasteiger partial charge < -0.3 is 20.9 Å². The van der Waals surface area contributed by atoms with Gasteiger partial charge in [-0.3, -0.25) is 9.69 Å². The van der Waals surface area contributed by atoms with Crippen LogP contribution in [0.25, 0.3) is 0 Å². The van der Waals surface area contributed by atoms with Gasteiger partial charge in [0.1, 0.15) is 0 Å². The van der Waals surface area contributed by atoms with Crippen molar-refractivity contribution in [1.82, 2.24) is 4.90 Å². The van der Waals surface area contributed by atoms with Crippen LogP contribution in [0.2, 0.25) is 5.02 Å². The van der Waals surface area contributed by atoms with E-state index in [1.165, 1.54) is 7.11 Å². The molecule has 1 saturated heterocycles. The van der Waals surface area contributed by atoms with Gasteiger partial charge in [0.05, 0.1) is 12.1 Å². The van der Waals surface area contributed by atoms with Crippen molar-refractivity contribution in [3.05, 3.63) is 22.7 Å². The standard InChI is InChI=1S/C15H22ClN3O3.ClH/c1-9-5-19(7-12(9)17)6-10-3-11(16)15(13(4-10)21-2)22-8-14(18)20;/h3-4,9,12H,5-8,17H2,1-2H3,(H2,18,20);1H. The maximum Gasteiger partial charge on any atom is 0.255 e. The number of hydrogen-bond acceptors (Lipinski definition) is 5. The van der Waals surface area contributed by atoms with Crippen molar-refractivity contribution in [2.75, 3.05) is 26.8 Å². The molecule has 1 aromatic carbocycles. The molecule has 23 heavy (non-hydrogen) atoms. The van der Waals surface area contributed by atoms with E-state index in [1.807, 2.05) is 12.1 Å². The zero-order valence-electron chi connectivity index (χ0n) is 13.3. The smallest absolute Gasteiger partial charge is 0.255 e. The van der Waals surface area contributed by atoms with Crippen LogP contribution >= 0.6 is 24.0 Å². The van der Waals surface area contributed by atoms with Crippen molar-refractivity contribution in [2.24, 2.45) is 17.4 Å². The van der Waals surface area contributed by atoms with Crippen LogP contribution in [0.4, 0.5) is 0 Å². The molecule has 4 N–H and O–H groups in total. The van der Waals surface area contributed by atoms with Gasteiger partial charge in [-0.05, 0) is 23.6 Å². The van der Waals surface area contributed by atoms with Crippen molar-refractivity contribution in [3.63, 3.8) is 0 Å². The Morgan fingerprint density at radius 2 is 2.13 bits per heavy atom. The second kappa shape index (κ2) is 8.59. The molecule has 2 unspecified atom stereocenters. The van der Waals surface area contributed by atoms with Gasteiger partial charge in [0.25, 0.3) is 5.91 Å². The zero-order chi connectivity index (χ0) is 16.3. The summed E-state index contributed by atoms with van der Waals surface area (Å²) in [6, 6.07) is 3.88. The molecule has 1 heterocycles. The third kappa shape index (κ3) is 5.14. The molecule has 6 nitrogen and oxygen atoms in total. The summed E-state index contributed by atoms with van der Waals surface area (Å²) >= 11 is 6.24. The van der Waals surface area contributed by atoms with Gasteiger partial charge >= 0.3 is 0 Å². The van der Waals surface area contributed by atoms with Crippen LogP contribution in [0.15, 0.2) is 12.1 Å². The summed E-state index contributed by atoms with van der Waals surface area (Å²) in [5.41, 5.74) is 12.1. The average molecular weight is 364 g/mol. The first-order valence-electron chi connectivity index (χ1n) is 7.16. The van der Waals surface area contributed by atoms with E-state index in [4.69, 9.17) is 32.5 Å². The maximum absolute atomic E-state index is 10.8. The molecule has 8 heteroatoms. The zero-order valence-corrected chi connectivity index (χ0v) is 14.8. The maximum atomic E-state index is 10.8. The summed E-state index contributed by atoms with van der Waals surface area (Å²) in [5.74, 6) is 0.733. The van der Waals surface area contributed by atoms with Crippen LogP contribution in [-0.2, 0) is 11.3 Å². The lowest BCUT2D eigenvalue weighted by atomic mass is 10.1. The number of nitrogens with zero attached hydrogens (tertiary/aromatic N) is 1. The first kappa shape index (κ1) is 19.8. The van der Waals surface area contributed by atoms with E-state index in [9.17, 15) is 4.79 Å². The molecule has 1 aromatic rings. The highest BCUT2D eigenvalue weighted by Crippen LogP contribution is 2.37. The highest BCUT2D eigenvalue weighted by atomic mass is 35.5. The third-order valence-electron chi connectivity index (χ3n) is 3.80. The van der Waals surface area contributed by atoms with Gasteiger partial charge in [-0.15, -0.1) is 12.4 Å². The minimum absolute atomic E-state index is 0. The van der Waals surface area contributed by atoms with Gasteiger partial charge in [-0.25, -0.2) is 0 Å². The molecule has 2 atom stereocenters. The monoisotopic (exact) mass is 363 g/mol. The molecular formula is C15H23Cl2N3O3. The molecule has 0 aromatic heterocycles. The van der Waals surface area contributed by atoms with Crippen LogP contribution < -0.4 is 20.9 Å². The summed E-state index contributed by atoms with van der Waals surface area (Å²) in [5, 5.41) is 0.396. The van der Waals surface area contributed by atoms with E-state index < -0.39 is 5.91 Å². The lowest BCUT2D eigenvalue weighted by Crippen LogP contribution is -2.28. The Morgan fingerprint density at radius 1 is 1.43 bits per heavy atom. The van der Waals surface area contributed by atoms with E-state index in [-0.39, 0.29) is 25.1 Å².